The maximum absolute atomic E-state index is 12.4. The first-order chi connectivity index (χ1) is 9.64. The van der Waals surface area contributed by atoms with Gasteiger partial charge >= 0.3 is 0 Å². The summed E-state index contributed by atoms with van der Waals surface area (Å²) < 4.78 is 5.15. The average Bonchev–Trinajstić information content (AvgIpc) is 2.35. The summed E-state index contributed by atoms with van der Waals surface area (Å²) in [6.45, 7) is 5.63. The molecule has 0 saturated carbocycles. The fourth-order valence-electron chi connectivity index (χ4n) is 1.79. The van der Waals surface area contributed by atoms with E-state index in [2.05, 4.69) is 5.32 Å². The Morgan fingerprint density at radius 2 is 1.95 bits per heavy atom. The number of likely N-dealkylation sites (N-methyl/N-ethyl adjacent to an activating group) is 1. The van der Waals surface area contributed by atoms with E-state index in [-0.39, 0.29) is 23.9 Å². The van der Waals surface area contributed by atoms with Crippen LogP contribution in [0.15, 0.2) is 18.2 Å². The van der Waals surface area contributed by atoms with Gasteiger partial charge in [-0.3, -0.25) is 9.59 Å². The molecule has 0 aliphatic heterocycles. The van der Waals surface area contributed by atoms with Crippen molar-refractivity contribution in [2.75, 3.05) is 20.7 Å². The Bertz CT molecular complexity index is 538. The molecule has 1 aromatic carbocycles. The number of nitrogens with one attached hydrogen (secondary N) is 1. The lowest BCUT2D eigenvalue weighted by Gasteiger charge is -2.23. The standard InChI is InChI=1S/C15H21ClN2O3/c1-15(2,3)17-13(19)9-18(4)14(20)11-7-6-10(16)8-12(11)21-5/h6-8H,9H2,1-5H3,(H,17,19). The minimum Gasteiger partial charge on any atom is -0.496 e. The van der Waals surface area contributed by atoms with Gasteiger partial charge in [0.15, 0.2) is 0 Å². The van der Waals surface area contributed by atoms with E-state index in [9.17, 15) is 9.59 Å². The minimum absolute atomic E-state index is 0.0259. The maximum Gasteiger partial charge on any atom is 0.257 e. The molecular weight excluding hydrogens is 292 g/mol. The van der Waals surface area contributed by atoms with Gasteiger partial charge in [-0.25, -0.2) is 0 Å². The molecule has 116 valence electrons. The molecule has 1 rings (SSSR count). The predicted molar refractivity (Wildman–Crippen MR) is 82.9 cm³/mol. The third-order valence-corrected chi connectivity index (χ3v) is 2.87. The summed E-state index contributed by atoms with van der Waals surface area (Å²) in [5.74, 6) is -0.130. The smallest absolute Gasteiger partial charge is 0.257 e. The van der Waals surface area contributed by atoms with Crippen LogP contribution < -0.4 is 10.1 Å². The number of carbonyl (C=O) groups excluding carboxylic acids is 2. The van der Waals surface area contributed by atoms with E-state index in [4.69, 9.17) is 16.3 Å². The van der Waals surface area contributed by atoms with E-state index in [0.29, 0.717) is 16.3 Å². The van der Waals surface area contributed by atoms with Crippen molar-refractivity contribution in [3.05, 3.63) is 28.8 Å². The summed E-state index contributed by atoms with van der Waals surface area (Å²) in [4.78, 5) is 25.6. The number of ether oxygens (including phenoxy) is 1. The zero-order chi connectivity index (χ0) is 16.2. The lowest BCUT2D eigenvalue weighted by molar-refractivity contribution is -0.122. The Balaban J connectivity index is 2.81. The maximum atomic E-state index is 12.4. The number of carbonyl (C=O) groups is 2. The molecule has 0 unspecified atom stereocenters. The molecule has 0 fully saturated rings. The van der Waals surface area contributed by atoms with Gasteiger partial charge in [-0.1, -0.05) is 11.6 Å². The van der Waals surface area contributed by atoms with Crippen LogP contribution in [-0.4, -0.2) is 43.0 Å². The third kappa shape index (κ3) is 5.27. The molecule has 0 saturated heterocycles. The fraction of sp³-hybridized carbons (Fsp3) is 0.467. The van der Waals surface area contributed by atoms with Gasteiger partial charge in [0.1, 0.15) is 5.75 Å². The van der Waals surface area contributed by atoms with Crippen molar-refractivity contribution in [2.45, 2.75) is 26.3 Å². The minimum atomic E-state index is -0.334. The van der Waals surface area contributed by atoms with E-state index in [1.807, 2.05) is 20.8 Å². The number of benzene rings is 1. The normalized spacial score (nSPS) is 11.0. The molecule has 0 spiro atoms. The summed E-state index contributed by atoms with van der Waals surface area (Å²) >= 11 is 5.87. The number of nitrogens with zero attached hydrogens (tertiary/aromatic N) is 1. The lowest BCUT2D eigenvalue weighted by Crippen LogP contribution is -2.46. The summed E-state index contributed by atoms with van der Waals surface area (Å²) in [6, 6.07) is 4.76. The van der Waals surface area contributed by atoms with Crippen LogP contribution in [0.25, 0.3) is 0 Å². The number of methoxy groups -OCH3 is 1. The highest BCUT2D eigenvalue weighted by molar-refractivity contribution is 6.30. The molecule has 21 heavy (non-hydrogen) atoms. The first kappa shape index (κ1) is 17.3. The summed E-state index contributed by atoms with van der Waals surface area (Å²) in [5.41, 5.74) is 0.0341. The summed E-state index contributed by atoms with van der Waals surface area (Å²) in [5, 5.41) is 3.29. The monoisotopic (exact) mass is 312 g/mol. The summed E-state index contributed by atoms with van der Waals surface area (Å²) in [7, 11) is 3.04. The Labute approximate surface area is 130 Å². The number of rotatable bonds is 4. The van der Waals surface area contributed by atoms with Crippen LogP contribution in [-0.2, 0) is 4.79 Å². The van der Waals surface area contributed by atoms with E-state index in [1.54, 1.807) is 25.2 Å². The Hall–Kier alpha value is -1.75. The molecule has 0 aliphatic carbocycles. The molecule has 0 bridgehead atoms. The van der Waals surface area contributed by atoms with Crippen molar-refractivity contribution in [1.82, 2.24) is 10.2 Å². The van der Waals surface area contributed by atoms with Gasteiger partial charge in [-0.05, 0) is 39.0 Å². The first-order valence-electron chi connectivity index (χ1n) is 6.54. The highest BCUT2D eigenvalue weighted by Crippen LogP contribution is 2.24. The van der Waals surface area contributed by atoms with Gasteiger partial charge in [-0.15, -0.1) is 0 Å². The van der Waals surface area contributed by atoms with Crippen molar-refractivity contribution >= 4 is 23.4 Å². The van der Waals surface area contributed by atoms with Gasteiger partial charge in [0.25, 0.3) is 5.91 Å². The van der Waals surface area contributed by atoms with Crippen LogP contribution in [0.2, 0.25) is 5.02 Å². The molecule has 0 radical (unpaired) electrons. The zero-order valence-corrected chi connectivity index (χ0v) is 13.7. The fourth-order valence-corrected chi connectivity index (χ4v) is 1.95. The number of halogens is 1. The van der Waals surface area contributed by atoms with Crippen molar-refractivity contribution in [2.24, 2.45) is 0 Å². The van der Waals surface area contributed by atoms with Gasteiger partial charge < -0.3 is 15.0 Å². The molecule has 0 heterocycles. The zero-order valence-electron chi connectivity index (χ0n) is 13.0. The van der Waals surface area contributed by atoms with Gasteiger partial charge in [-0.2, -0.15) is 0 Å². The lowest BCUT2D eigenvalue weighted by atomic mass is 10.1. The van der Waals surface area contributed by atoms with Crippen LogP contribution in [0, 0.1) is 0 Å². The van der Waals surface area contributed by atoms with Crippen molar-refractivity contribution in [1.29, 1.82) is 0 Å². The topological polar surface area (TPSA) is 58.6 Å². The predicted octanol–water partition coefficient (Wildman–Crippen LogP) is 2.34. The molecule has 0 aliphatic rings. The van der Waals surface area contributed by atoms with Crippen LogP contribution in [0.5, 0.6) is 5.75 Å². The molecule has 1 N–H and O–H groups in total. The van der Waals surface area contributed by atoms with Crippen LogP contribution in [0.4, 0.5) is 0 Å². The molecule has 0 atom stereocenters. The van der Waals surface area contributed by atoms with Gasteiger partial charge in [0, 0.05) is 17.6 Å². The average molecular weight is 313 g/mol. The summed E-state index contributed by atoms with van der Waals surface area (Å²) in [6.07, 6.45) is 0. The van der Waals surface area contributed by atoms with Crippen molar-refractivity contribution in [3.8, 4) is 5.75 Å². The molecule has 1 aromatic rings. The largest absolute Gasteiger partial charge is 0.496 e. The number of amides is 2. The molecule has 2 amide bonds. The van der Waals surface area contributed by atoms with Gasteiger partial charge in [0.2, 0.25) is 5.91 Å². The van der Waals surface area contributed by atoms with Crippen molar-refractivity contribution in [3.63, 3.8) is 0 Å². The SMILES string of the molecule is COc1cc(Cl)ccc1C(=O)N(C)CC(=O)NC(C)(C)C. The quantitative estimate of drug-likeness (QED) is 0.928. The second-order valence-electron chi connectivity index (χ2n) is 5.80. The van der Waals surface area contributed by atoms with Crippen molar-refractivity contribution < 1.29 is 14.3 Å². The van der Waals surface area contributed by atoms with Gasteiger partial charge in [0.05, 0.1) is 19.2 Å². The van der Waals surface area contributed by atoms with E-state index < -0.39 is 0 Å². The van der Waals surface area contributed by atoms with E-state index in [0.717, 1.165) is 0 Å². The highest BCUT2D eigenvalue weighted by Gasteiger charge is 2.21. The van der Waals surface area contributed by atoms with Crippen LogP contribution in [0.1, 0.15) is 31.1 Å². The molecule has 5 nitrogen and oxygen atoms in total. The number of hydrogen-bond donors (Lipinski definition) is 1. The van der Waals surface area contributed by atoms with Crippen LogP contribution >= 0.6 is 11.6 Å². The second kappa shape index (κ2) is 6.80. The van der Waals surface area contributed by atoms with E-state index >= 15 is 0 Å². The molecule has 6 heteroatoms. The second-order valence-corrected chi connectivity index (χ2v) is 6.24. The molecule has 0 aromatic heterocycles. The Morgan fingerprint density at radius 1 is 1.33 bits per heavy atom. The molecular formula is C15H21ClN2O3. The third-order valence-electron chi connectivity index (χ3n) is 2.64. The first-order valence-corrected chi connectivity index (χ1v) is 6.92. The Kier molecular flexibility index (Phi) is 5.61. The number of hydrogen-bond acceptors (Lipinski definition) is 3. The van der Waals surface area contributed by atoms with Crippen LogP contribution in [0.3, 0.4) is 0 Å². The Morgan fingerprint density at radius 3 is 2.48 bits per heavy atom. The highest BCUT2D eigenvalue weighted by atomic mass is 35.5. The van der Waals surface area contributed by atoms with E-state index in [1.165, 1.54) is 12.0 Å².